The molecule has 5 nitrogen and oxygen atoms in total. The summed E-state index contributed by atoms with van der Waals surface area (Å²) in [5.74, 6) is 0.374. The van der Waals surface area contributed by atoms with Gasteiger partial charge in [-0.3, -0.25) is 9.69 Å². The number of thiophene rings is 1. The molecule has 7 heteroatoms. The lowest BCUT2D eigenvalue weighted by molar-refractivity contribution is 0.0634. The number of hydrogen-bond acceptors (Lipinski definition) is 5. The van der Waals surface area contributed by atoms with Crippen molar-refractivity contribution in [2.45, 2.75) is 25.4 Å². The van der Waals surface area contributed by atoms with Gasteiger partial charge in [0, 0.05) is 43.7 Å². The van der Waals surface area contributed by atoms with Gasteiger partial charge in [-0.2, -0.15) is 0 Å². The molecule has 3 rings (SSSR count). The number of methoxy groups -OCH3 is 1. The number of nitrogens with two attached hydrogens (primary N) is 1. The number of carbonyl (C=O) groups excluding carboxylic acids is 1. The third-order valence-corrected chi connectivity index (χ3v) is 6.12. The highest BCUT2D eigenvalue weighted by Crippen LogP contribution is 2.30. The maximum absolute atomic E-state index is 13.0. The number of nitrogen functional groups attached to an aromatic ring is 1. The van der Waals surface area contributed by atoms with Gasteiger partial charge >= 0.3 is 0 Å². The van der Waals surface area contributed by atoms with Crippen LogP contribution in [0.5, 0.6) is 5.75 Å². The minimum absolute atomic E-state index is 0.0829. The number of benzene rings is 1. The summed E-state index contributed by atoms with van der Waals surface area (Å²) in [4.78, 5) is 18.6. The smallest absolute Gasteiger partial charge is 0.257 e. The van der Waals surface area contributed by atoms with Crippen molar-refractivity contribution in [2.24, 2.45) is 0 Å². The monoisotopic (exact) mass is 393 g/mol. The van der Waals surface area contributed by atoms with E-state index in [4.69, 9.17) is 22.1 Å². The summed E-state index contributed by atoms with van der Waals surface area (Å²) >= 11 is 7.90. The Bertz CT molecular complexity index is 758. The maximum atomic E-state index is 13.0. The molecule has 0 saturated carbocycles. The Labute approximate surface area is 163 Å². The fourth-order valence-electron chi connectivity index (χ4n) is 3.35. The van der Waals surface area contributed by atoms with Crippen LogP contribution in [0.25, 0.3) is 0 Å². The van der Waals surface area contributed by atoms with Crippen LogP contribution in [0, 0.1) is 0 Å². The van der Waals surface area contributed by atoms with Crippen LogP contribution in [0.3, 0.4) is 0 Å². The number of ether oxygens (including phenoxy) is 1. The van der Waals surface area contributed by atoms with Gasteiger partial charge in [-0.15, -0.1) is 11.3 Å². The normalized spacial score (nSPS) is 15.8. The Kier molecular flexibility index (Phi) is 6.06. The summed E-state index contributed by atoms with van der Waals surface area (Å²) < 4.78 is 5.32. The molecule has 1 amide bonds. The molecule has 1 aromatic heterocycles. The lowest BCUT2D eigenvalue weighted by atomic mass is 10.0. The van der Waals surface area contributed by atoms with Crippen LogP contribution in [0.1, 0.15) is 28.1 Å². The van der Waals surface area contributed by atoms with E-state index in [9.17, 15) is 4.79 Å². The van der Waals surface area contributed by atoms with Gasteiger partial charge < -0.3 is 15.4 Å². The first-order valence-corrected chi connectivity index (χ1v) is 9.90. The van der Waals surface area contributed by atoms with E-state index in [0.717, 1.165) is 32.5 Å². The van der Waals surface area contributed by atoms with Crippen LogP contribution in [-0.4, -0.2) is 49.0 Å². The Morgan fingerprint density at radius 3 is 2.77 bits per heavy atom. The second kappa shape index (κ2) is 8.29. The van der Waals surface area contributed by atoms with Crippen molar-refractivity contribution in [3.05, 3.63) is 45.1 Å². The SMILES string of the molecule is COc1cc(N)c(Cl)cc1C(=O)N(C)C1CCN(Cc2cccs2)CC1. The summed E-state index contributed by atoms with van der Waals surface area (Å²) in [7, 11) is 3.38. The highest BCUT2D eigenvalue weighted by atomic mass is 35.5. The summed E-state index contributed by atoms with van der Waals surface area (Å²) in [6, 6.07) is 7.67. The van der Waals surface area contributed by atoms with E-state index in [1.54, 1.807) is 23.5 Å². The molecule has 0 aliphatic carbocycles. The van der Waals surface area contributed by atoms with Gasteiger partial charge in [0.2, 0.25) is 0 Å². The number of nitrogens with zero attached hydrogens (tertiary/aromatic N) is 2. The van der Waals surface area contributed by atoms with Crippen LogP contribution >= 0.6 is 22.9 Å². The van der Waals surface area contributed by atoms with Gasteiger partial charge in [0.15, 0.2) is 0 Å². The quantitative estimate of drug-likeness (QED) is 0.786. The summed E-state index contributed by atoms with van der Waals surface area (Å²) in [6.45, 7) is 2.96. The lowest BCUT2D eigenvalue weighted by Gasteiger charge is -2.36. The lowest BCUT2D eigenvalue weighted by Crippen LogP contribution is -2.45. The summed E-state index contributed by atoms with van der Waals surface area (Å²) in [5.41, 5.74) is 6.67. The largest absolute Gasteiger partial charge is 0.496 e. The zero-order valence-electron chi connectivity index (χ0n) is 15.1. The highest BCUT2D eigenvalue weighted by molar-refractivity contribution is 7.09. The molecule has 0 unspecified atom stereocenters. The van der Waals surface area contributed by atoms with Gasteiger partial charge in [0.25, 0.3) is 5.91 Å². The van der Waals surface area contributed by atoms with Crippen LogP contribution in [0.4, 0.5) is 5.69 Å². The van der Waals surface area contributed by atoms with Gasteiger partial charge in [-0.05, 0) is 30.4 Å². The van der Waals surface area contributed by atoms with Crippen LogP contribution < -0.4 is 10.5 Å². The molecule has 2 aromatic rings. The van der Waals surface area contributed by atoms with Crippen molar-refractivity contribution in [1.82, 2.24) is 9.80 Å². The average molecular weight is 394 g/mol. The maximum Gasteiger partial charge on any atom is 0.257 e. The molecular formula is C19H24ClN3O2S. The molecule has 1 aromatic carbocycles. The number of carbonyl (C=O) groups is 1. The first-order valence-electron chi connectivity index (χ1n) is 8.64. The minimum Gasteiger partial charge on any atom is -0.496 e. The van der Waals surface area contributed by atoms with Gasteiger partial charge in [0.05, 0.1) is 23.4 Å². The Hall–Kier alpha value is -1.76. The molecule has 2 heterocycles. The molecule has 1 aliphatic heterocycles. The first-order chi connectivity index (χ1) is 12.5. The predicted molar refractivity (Wildman–Crippen MR) is 107 cm³/mol. The van der Waals surface area contributed by atoms with Crippen molar-refractivity contribution in [1.29, 1.82) is 0 Å². The second-order valence-corrected chi connectivity index (χ2v) is 8.02. The standard InChI is InChI=1S/C19H24ClN3O2S/c1-22(19(24)15-10-16(20)17(21)11-18(15)25-2)13-5-7-23(8-6-13)12-14-4-3-9-26-14/h3-4,9-11,13H,5-8,12,21H2,1-2H3. The van der Waals surface area contributed by atoms with Gasteiger partial charge in [-0.1, -0.05) is 17.7 Å². The molecule has 1 fully saturated rings. The number of piperidine rings is 1. The van der Waals surface area contributed by atoms with E-state index in [0.29, 0.717) is 22.0 Å². The minimum atomic E-state index is -0.0829. The molecule has 140 valence electrons. The number of halogens is 1. The predicted octanol–water partition coefficient (Wildman–Crippen LogP) is 3.73. The zero-order chi connectivity index (χ0) is 18.7. The molecule has 0 radical (unpaired) electrons. The highest BCUT2D eigenvalue weighted by Gasteiger charge is 2.28. The number of likely N-dealkylation sites (tertiary alicyclic amines) is 1. The number of rotatable bonds is 5. The zero-order valence-corrected chi connectivity index (χ0v) is 16.6. The molecule has 1 aliphatic rings. The van der Waals surface area contributed by atoms with Gasteiger partial charge in [0.1, 0.15) is 5.75 Å². The molecule has 1 saturated heterocycles. The van der Waals surface area contributed by atoms with E-state index in [2.05, 4.69) is 22.4 Å². The Balaban J connectivity index is 1.64. The molecule has 26 heavy (non-hydrogen) atoms. The van der Waals surface area contributed by atoms with E-state index >= 15 is 0 Å². The summed E-state index contributed by atoms with van der Waals surface area (Å²) in [6.07, 6.45) is 1.91. The van der Waals surface area contributed by atoms with Gasteiger partial charge in [-0.25, -0.2) is 0 Å². The van der Waals surface area contributed by atoms with Crippen LogP contribution in [0.15, 0.2) is 29.6 Å². The van der Waals surface area contributed by atoms with Crippen molar-refractivity contribution >= 4 is 34.5 Å². The van der Waals surface area contributed by atoms with Crippen molar-refractivity contribution in [2.75, 3.05) is 33.0 Å². The van der Waals surface area contributed by atoms with E-state index in [1.807, 2.05) is 11.9 Å². The first kappa shape index (κ1) is 19.0. The van der Waals surface area contributed by atoms with Crippen molar-refractivity contribution in [3.8, 4) is 5.75 Å². The Morgan fingerprint density at radius 2 is 2.15 bits per heavy atom. The van der Waals surface area contributed by atoms with Crippen molar-refractivity contribution in [3.63, 3.8) is 0 Å². The van der Waals surface area contributed by atoms with Crippen LogP contribution in [-0.2, 0) is 6.54 Å². The van der Waals surface area contributed by atoms with E-state index in [1.165, 1.54) is 12.0 Å². The fourth-order valence-corrected chi connectivity index (χ4v) is 4.26. The van der Waals surface area contributed by atoms with E-state index in [-0.39, 0.29) is 11.9 Å². The number of hydrogen-bond donors (Lipinski definition) is 1. The third kappa shape index (κ3) is 4.14. The Morgan fingerprint density at radius 1 is 1.42 bits per heavy atom. The average Bonchev–Trinajstić information content (AvgIpc) is 3.16. The molecular weight excluding hydrogens is 370 g/mol. The summed E-state index contributed by atoms with van der Waals surface area (Å²) in [5, 5.41) is 2.48. The van der Waals surface area contributed by atoms with Crippen molar-refractivity contribution < 1.29 is 9.53 Å². The fraction of sp³-hybridized carbons (Fsp3) is 0.421. The second-order valence-electron chi connectivity index (χ2n) is 6.58. The topological polar surface area (TPSA) is 58.8 Å². The number of amides is 1. The number of anilines is 1. The molecule has 2 N–H and O–H groups in total. The van der Waals surface area contributed by atoms with E-state index < -0.39 is 0 Å². The molecule has 0 atom stereocenters. The molecule has 0 spiro atoms. The van der Waals surface area contributed by atoms with Crippen LogP contribution in [0.2, 0.25) is 5.02 Å². The third-order valence-electron chi connectivity index (χ3n) is 4.93. The molecule has 0 bridgehead atoms.